The van der Waals surface area contributed by atoms with E-state index in [1.165, 1.54) is 19.3 Å². The van der Waals surface area contributed by atoms with Gasteiger partial charge in [-0.25, -0.2) is 0 Å². The van der Waals surface area contributed by atoms with Gasteiger partial charge in [-0.1, -0.05) is 48.5 Å². The molecule has 1 aliphatic carbocycles. The first-order chi connectivity index (χ1) is 9.15. The van der Waals surface area contributed by atoms with E-state index in [1.54, 1.807) is 12.1 Å². The standard InChI is InChI=1S/C15H21Cl2NO/c16-12-7-4-8-13(17)14(12)11(9-18)15(19)10-5-2-1-3-6-10/h4,7-8,10-11,15,19H,1-3,5-6,9,18H2. The molecule has 0 bridgehead atoms. The lowest BCUT2D eigenvalue weighted by Crippen LogP contribution is -2.34. The summed E-state index contributed by atoms with van der Waals surface area (Å²) in [5.41, 5.74) is 6.67. The molecule has 106 valence electrons. The van der Waals surface area contributed by atoms with Crippen molar-refractivity contribution in [2.45, 2.75) is 44.1 Å². The van der Waals surface area contributed by atoms with Gasteiger partial charge in [-0.2, -0.15) is 0 Å². The Hall–Kier alpha value is -0.280. The third kappa shape index (κ3) is 3.43. The molecule has 1 aromatic rings. The quantitative estimate of drug-likeness (QED) is 0.884. The van der Waals surface area contributed by atoms with Crippen LogP contribution in [-0.2, 0) is 0 Å². The maximum atomic E-state index is 10.6. The molecule has 2 atom stereocenters. The van der Waals surface area contributed by atoms with Gasteiger partial charge in [-0.15, -0.1) is 0 Å². The SMILES string of the molecule is NCC(c1c(Cl)cccc1Cl)C(O)C1CCCCC1. The summed E-state index contributed by atoms with van der Waals surface area (Å²) in [7, 11) is 0. The van der Waals surface area contributed by atoms with Crippen molar-refractivity contribution in [2.24, 2.45) is 11.7 Å². The summed E-state index contributed by atoms with van der Waals surface area (Å²) in [5.74, 6) is 0.138. The predicted molar refractivity (Wildman–Crippen MR) is 80.8 cm³/mol. The normalized spacial score (nSPS) is 20.2. The average molecular weight is 302 g/mol. The lowest BCUT2D eigenvalue weighted by molar-refractivity contribution is 0.0624. The van der Waals surface area contributed by atoms with Gasteiger partial charge in [0.25, 0.3) is 0 Å². The summed E-state index contributed by atoms with van der Waals surface area (Å²) >= 11 is 12.5. The van der Waals surface area contributed by atoms with Crippen LogP contribution in [0, 0.1) is 5.92 Å². The molecule has 0 heterocycles. The van der Waals surface area contributed by atoms with Crippen LogP contribution in [0.4, 0.5) is 0 Å². The molecule has 1 saturated carbocycles. The summed E-state index contributed by atoms with van der Waals surface area (Å²) in [4.78, 5) is 0. The summed E-state index contributed by atoms with van der Waals surface area (Å²) in [6, 6.07) is 5.42. The molecule has 1 fully saturated rings. The van der Waals surface area contributed by atoms with Gasteiger partial charge in [0.1, 0.15) is 0 Å². The third-order valence-corrected chi connectivity index (χ3v) is 4.83. The van der Waals surface area contributed by atoms with Gasteiger partial charge in [0.2, 0.25) is 0 Å². The highest BCUT2D eigenvalue weighted by molar-refractivity contribution is 6.36. The van der Waals surface area contributed by atoms with E-state index in [-0.39, 0.29) is 5.92 Å². The fourth-order valence-corrected chi connectivity index (χ4v) is 3.77. The minimum absolute atomic E-state index is 0.177. The number of hydrogen-bond acceptors (Lipinski definition) is 2. The minimum atomic E-state index is -0.456. The number of hydrogen-bond donors (Lipinski definition) is 2. The fourth-order valence-electron chi connectivity index (χ4n) is 3.10. The Labute approximate surface area is 124 Å². The Balaban J connectivity index is 2.23. The predicted octanol–water partition coefficient (Wildman–Crippen LogP) is 3.98. The molecular formula is C15H21Cl2NO. The van der Waals surface area contributed by atoms with Crippen molar-refractivity contribution in [3.63, 3.8) is 0 Å². The van der Waals surface area contributed by atoms with Gasteiger partial charge in [0, 0.05) is 22.5 Å². The lowest BCUT2D eigenvalue weighted by atomic mass is 9.78. The zero-order valence-corrected chi connectivity index (χ0v) is 12.5. The molecule has 1 aliphatic rings. The second-order valence-electron chi connectivity index (χ2n) is 5.37. The van der Waals surface area contributed by atoms with E-state index in [2.05, 4.69) is 0 Å². The number of benzene rings is 1. The fraction of sp³-hybridized carbons (Fsp3) is 0.600. The molecule has 0 aliphatic heterocycles. The average Bonchev–Trinajstić information content (AvgIpc) is 2.43. The molecule has 0 amide bonds. The van der Waals surface area contributed by atoms with Crippen LogP contribution in [0.3, 0.4) is 0 Å². The molecule has 3 N–H and O–H groups in total. The highest BCUT2D eigenvalue weighted by Crippen LogP contribution is 2.38. The van der Waals surface area contributed by atoms with Crippen LogP contribution in [0.1, 0.15) is 43.6 Å². The maximum Gasteiger partial charge on any atom is 0.0650 e. The molecule has 2 nitrogen and oxygen atoms in total. The molecule has 0 spiro atoms. The van der Waals surface area contributed by atoms with Crippen molar-refractivity contribution in [3.8, 4) is 0 Å². The number of aliphatic hydroxyl groups is 1. The Morgan fingerprint density at radius 1 is 1.16 bits per heavy atom. The van der Waals surface area contributed by atoms with Crippen molar-refractivity contribution in [3.05, 3.63) is 33.8 Å². The van der Waals surface area contributed by atoms with Crippen LogP contribution in [0.25, 0.3) is 0 Å². The van der Waals surface area contributed by atoms with Crippen LogP contribution in [-0.4, -0.2) is 17.8 Å². The van der Waals surface area contributed by atoms with E-state index in [4.69, 9.17) is 28.9 Å². The molecule has 0 saturated heterocycles. The highest BCUT2D eigenvalue weighted by atomic mass is 35.5. The Bertz CT molecular complexity index is 398. The van der Waals surface area contributed by atoms with Gasteiger partial charge in [-0.05, 0) is 36.5 Å². The lowest BCUT2D eigenvalue weighted by Gasteiger charge is -2.32. The van der Waals surface area contributed by atoms with E-state index < -0.39 is 6.10 Å². The van der Waals surface area contributed by atoms with Crippen LogP contribution >= 0.6 is 23.2 Å². The van der Waals surface area contributed by atoms with Crippen LogP contribution < -0.4 is 5.73 Å². The molecule has 2 unspecified atom stereocenters. The smallest absolute Gasteiger partial charge is 0.0650 e. The first kappa shape index (κ1) is 15.1. The van der Waals surface area contributed by atoms with E-state index in [0.29, 0.717) is 22.5 Å². The second-order valence-corrected chi connectivity index (χ2v) is 6.18. The van der Waals surface area contributed by atoms with Crippen molar-refractivity contribution < 1.29 is 5.11 Å². The second kappa shape index (κ2) is 6.94. The molecule has 0 radical (unpaired) electrons. The molecular weight excluding hydrogens is 281 g/mol. The number of rotatable bonds is 4. The van der Waals surface area contributed by atoms with Crippen molar-refractivity contribution in [1.29, 1.82) is 0 Å². The van der Waals surface area contributed by atoms with E-state index >= 15 is 0 Å². The third-order valence-electron chi connectivity index (χ3n) is 4.17. The summed E-state index contributed by atoms with van der Waals surface area (Å²) in [5, 5.41) is 11.8. The van der Waals surface area contributed by atoms with Gasteiger partial charge in [0.05, 0.1) is 6.10 Å². The van der Waals surface area contributed by atoms with E-state index in [0.717, 1.165) is 18.4 Å². The zero-order valence-electron chi connectivity index (χ0n) is 11.0. The van der Waals surface area contributed by atoms with Crippen LogP contribution in [0.2, 0.25) is 10.0 Å². The summed E-state index contributed by atoms with van der Waals surface area (Å²) in [6.45, 7) is 0.362. The van der Waals surface area contributed by atoms with E-state index in [1.807, 2.05) is 6.07 Å². The minimum Gasteiger partial charge on any atom is -0.392 e. The van der Waals surface area contributed by atoms with Gasteiger partial charge < -0.3 is 10.8 Å². The van der Waals surface area contributed by atoms with Gasteiger partial charge >= 0.3 is 0 Å². The largest absolute Gasteiger partial charge is 0.392 e. The van der Waals surface area contributed by atoms with Gasteiger partial charge in [0.15, 0.2) is 0 Å². The van der Waals surface area contributed by atoms with Gasteiger partial charge in [-0.3, -0.25) is 0 Å². The first-order valence-electron chi connectivity index (χ1n) is 6.97. The van der Waals surface area contributed by atoms with E-state index in [9.17, 15) is 5.11 Å². The summed E-state index contributed by atoms with van der Waals surface area (Å²) in [6.07, 6.45) is 5.33. The zero-order chi connectivity index (χ0) is 13.8. The molecule has 0 aromatic heterocycles. The maximum absolute atomic E-state index is 10.6. The Morgan fingerprint density at radius 2 is 1.74 bits per heavy atom. The Morgan fingerprint density at radius 3 is 2.26 bits per heavy atom. The number of aliphatic hydroxyl groups excluding tert-OH is 1. The highest BCUT2D eigenvalue weighted by Gasteiger charge is 2.31. The van der Waals surface area contributed by atoms with Crippen molar-refractivity contribution in [2.75, 3.05) is 6.54 Å². The topological polar surface area (TPSA) is 46.2 Å². The number of halogens is 2. The van der Waals surface area contributed by atoms with Crippen LogP contribution in [0.5, 0.6) is 0 Å². The molecule has 19 heavy (non-hydrogen) atoms. The number of nitrogens with two attached hydrogens (primary N) is 1. The van der Waals surface area contributed by atoms with Crippen molar-refractivity contribution in [1.82, 2.24) is 0 Å². The summed E-state index contributed by atoms with van der Waals surface area (Å²) < 4.78 is 0. The molecule has 2 rings (SSSR count). The van der Waals surface area contributed by atoms with Crippen molar-refractivity contribution >= 4 is 23.2 Å². The van der Waals surface area contributed by atoms with Crippen LogP contribution in [0.15, 0.2) is 18.2 Å². The monoisotopic (exact) mass is 301 g/mol. The first-order valence-corrected chi connectivity index (χ1v) is 7.72. The Kier molecular flexibility index (Phi) is 5.52. The molecule has 4 heteroatoms. The molecule has 1 aromatic carbocycles.